The first kappa shape index (κ1) is 32.4. The second kappa shape index (κ2) is 14.7. The Bertz CT molecular complexity index is 1470. The standard InChI is InChI=1S/C31H37Cl2N3O4S/c1-5-34-31(38)29(19-24-10-7-6-8-11-24)35(21-25-15-16-26(32)20-27(25)33)30(37)12-9-17-36(41(4,39)40)28-18-22(2)13-14-23(28)3/h6-8,10-11,13-16,18,20,29H,5,9,12,17,19,21H2,1-4H3,(H,34,38)/t29-/m1/s1. The van der Waals surface area contributed by atoms with Crippen LogP contribution >= 0.6 is 23.2 Å². The molecule has 0 saturated carbocycles. The predicted octanol–water partition coefficient (Wildman–Crippen LogP) is 5.93. The minimum atomic E-state index is -3.60. The van der Waals surface area contributed by atoms with Crippen molar-refractivity contribution >= 4 is 50.7 Å². The van der Waals surface area contributed by atoms with Gasteiger partial charge in [-0.05, 0) is 67.6 Å². The van der Waals surface area contributed by atoms with Crippen molar-refractivity contribution < 1.29 is 18.0 Å². The highest BCUT2D eigenvalue weighted by Crippen LogP contribution is 2.26. The molecular formula is C31H37Cl2N3O4S. The number of aryl methyl sites for hydroxylation is 2. The lowest BCUT2D eigenvalue weighted by molar-refractivity contribution is -0.141. The van der Waals surface area contributed by atoms with E-state index in [4.69, 9.17) is 23.2 Å². The number of likely N-dealkylation sites (N-methyl/N-ethyl adjacent to an activating group) is 1. The zero-order chi connectivity index (χ0) is 30.2. The molecule has 2 amide bonds. The van der Waals surface area contributed by atoms with Crippen LogP contribution in [0, 0.1) is 13.8 Å². The first-order valence-corrected chi connectivity index (χ1v) is 16.1. The van der Waals surface area contributed by atoms with E-state index in [9.17, 15) is 18.0 Å². The Morgan fingerprint density at radius 2 is 1.68 bits per heavy atom. The highest BCUT2D eigenvalue weighted by molar-refractivity contribution is 7.92. The summed E-state index contributed by atoms with van der Waals surface area (Å²) in [6.45, 7) is 6.21. The molecule has 41 heavy (non-hydrogen) atoms. The lowest BCUT2D eigenvalue weighted by atomic mass is 10.0. The van der Waals surface area contributed by atoms with Gasteiger partial charge in [-0.25, -0.2) is 8.42 Å². The maximum atomic E-state index is 13.9. The van der Waals surface area contributed by atoms with Gasteiger partial charge in [0.2, 0.25) is 21.8 Å². The Kier molecular flexibility index (Phi) is 11.6. The van der Waals surface area contributed by atoms with Crippen molar-refractivity contribution in [3.63, 3.8) is 0 Å². The summed E-state index contributed by atoms with van der Waals surface area (Å²) in [5.74, 6) is -0.555. The van der Waals surface area contributed by atoms with Gasteiger partial charge in [0, 0.05) is 42.5 Å². The molecule has 0 radical (unpaired) electrons. The molecule has 0 aliphatic rings. The van der Waals surface area contributed by atoms with Crippen LogP contribution in [0.3, 0.4) is 0 Å². The number of nitrogens with one attached hydrogen (secondary N) is 1. The van der Waals surface area contributed by atoms with Crippen molar-refractivity contribution in [2.24, 2.45) is 0 Å². The third-order valence-corrected chi connectivity index (χ3v) is 8.53. The van der Waals surface area contributed by atoms with Gasteiger partial charge in [0.05, 0.1) is 11.9 Å². The van der Waals surface area contributed by atoms with E-state index in [2.05, 4.69) is 5.32 Å². The lowest BCUT2D eigenvalue weighted by Crippen LogP contribution is -2.50. The molecule has 220 valence electrons. The average molecular weight is 619 g/mol. The van der Waals surface area contributed by atoms with E-state index < -0.39 is 16.1 Å². The van der Waals surface area contributed by atoms with Crippen LogP contribution in [0.25, 0.3) is 0 Å². The SMILES string of the molecule is CCNC(=O)[C@@H](Cc1ccccc1)N(Cc1ccc(Cl)cc1Cl)C(=O)CCCN(c1cc(C)ccc1C)S(C)(=O)=O. The van der Waals surface area contributed by atoms with Crippen LogP contribution in [-0.2, 0) is 32.6 Å². The number of nitrogens with zero attached hydrogens (tertiary/aromatic N) is 2. The van der Waals surface area contributed by atoms with Gasteiger partial charge in [0.1, 0.15) is 6.04 Å². The zero-order valence-corrected chi connectivity index (χ0v) is 26.2. The van der Waals surface area contributed by atoms with Gasteiger partial charge < -0.3 is 10.2 Å². The molecule has 0 unspecified atom stereocenters. The Balaban J connectivity index is 1.91. The van der Waals surface area contributed by atoms with Gasteiger partial charge >= 0.3 is 0 Å². The second-order valence-corrected chi connectivity index (χ2v) is 12.8. The molecule has 3 aromatic rings. The minimum Gasteiger partial charge on any atom is -0.355 e. The van der Waals surface area contributed by atoms with Crippen LogP contribution in [0.15, 0.2) is 66.7 Å². The van der Waals surface area contributed by atoms with Gasteiger partial charge in [-0.15, -0.1) is 0 Å². The number of hydrogen-bond acceptors (Lipinski definition) is 4. The molecule has 0 bridgehead atoms. The van der Waals surface area contributed by atoms with Gasteiger partial charge in [-0.1, -0.05) is 71.7 Å². The summed E-state index contributed by atoms with van der Waals surface area (Å²) in [6.07, 6.45) is 1.77. The van der Waals surface area contributed by atoms with E-state index >= 15 is 0 Å². The van der Waals surface area contributed by atoms with Gasteiger partial charge in [-0.3, -0.25) is 13.9 Å². The third kappa shape index (κ3) is 9.21. The number of halogens is 2. The largest absolute Gasteiger partial charge is 0.355 e. The number of carbonyl (C=O) groups is 2. The Morgan fingerprint density at radius 3 is 2.32 bits per heavy atom. The average Bonchev–Trinajstić information content (AvgIpc) is 2.91. The maximum Gasteiger partial charge on any atom is 0.243 e. The number of anilines is 1. The molecule has 3 aromatic carbocycles. The fraction of sp³-hybridized carbons (Fsp3) is 0.355. The maximum absolute atomic E-state index is 13.9. The fourth-order valence-corrected chi connectivity index (χ4v) is 6.13. The quantitative estimate of drug-likeness (QED) is 0.257. The Labute approximate surface area is 253 Å². The Hall–Kier alpha value is -3.07. The molecule has 1 atom stereocenters. The topological polar surface area (TPSA) is 86.8 Å². The number of hydrogen-bond donors (Lipinski definition) is 1. The zero-order valence-electron chi connectivity index (χ0n) is 23.9. The minimum absolute atomic E-state index is 0.0345. The van der Waals surface area contributed by atoms with E-state index in [0.717, 1.165) is 22.9 Å². The molecule has 0 saturated heterocycles. The number of carbonyl (C=O) groups excluding carboxylic acids is 2. The fourth-order valence-electron chi connectivity index (χ4n) is 4.65. The van der Waals surface area contributed by atoms with Crippen LogP contribution in [0.1, 0.15) is 42.0 Å². The van der Waals surface area contributed by atoms with E-state index in [1.807, 2.05) is 69.3 Å². The summed E-state index contributed by atoms with van der Waals surface area (Å²) in [6, 6.07) is 19.4. The molecule has 0 aliphatic heterocycles. The van der Waals surface area contributed by atoms with E-state index in [-0.39, 0.29) is 37.7 Å². The number of rotatable bonds is 13. The molecular weight excluding hydrogens is 581 g/mol. The molecule has 3 rings (SSSR count). The number of sulfonamides is 1. The van der Waals surface area contributed by atoms with Crippen molar-refractivity contribution in [2.45, 2.75) is 52.6 Å². The first-order valence-electron chi connectivity index (χ1n) is 13.5. The van der Waals surface area contributed by atoms with Crippen molar-refractivity contribution in [3.05, 3.63) is 99.0 Å². The van der Waals surface area contributed by atoms with Gasteiger partial charge in [-0.2, -0.15) is 0 Å². The molecule has 0 spiro atoms. The molecule has 7 nitrogen and oxygen atoms in total. The third-order valence-electron chi connectivity index (χ3n) is 6.76. The van der Waals surface area contributed by atoms with Crippen LogP contribution in [-0.4, -0.2) is 50.5 Å². The summed E-state index contributed by atoms with van der Waals surface area (Å²) in [7, 11) is -3.60. The molecule has 0 heterocycles. The summed E-state index contributed by atoms with van der Waals surface area (Å²) in [5, 5.41) is 3.72. The molecule has 0 aromatic heterocycles. The van der Waals surface area contributed by atoms with Crippen LogP contribution in [0.4, 0.5) is 5.69 Å². The van der Waals surface area contributed by atoms with E-state index in [1.54, 1.807) is 18.2 Å². The van der Waals surface area contributed by atoms with Crippen molar-refractivity contribution in [1.29, 1.82) is 0 Å². The smallest absolute Gasteiger partial charge is 0.243 e. The number of benzene rings is 3. The van der Waals surface area contributed by atoms with Crippen LogP contribution < -0.4 is 9.62 Å². The normalized spacial score (nSPS) is 12.0. The molecule has 0 fully saturated rings. The molecule has 10 heteroatoms. The highest BCUT2D eigenvalue weighted by atomic mass is 35.5. The van der Waals surface area contributed by atoms with Crippen molar-refractivity contribution in [1.82, 2.24) is 10.2 Å². The summed E-state index contributed by atoms with van der Waals surface area (Å²) >= 11 is 12.6. The lowest BCUT2D eigenvalue weighted by Gasteiger charge is -2.32. The van der Waals surface area contributed by atoms with Crippen molar-refractivity contribution in [2.75, 3.05) is 23.7 Å². The van der Waals surface area contributed by atoms with Crippen LogP contribution in [0.5, 0.6) is 0 Å². The highest BCUT2D eigenvalue weighted by Gasteiger charge is 2.31. The molecule has 0 aliphatic carbocycles. The monoisotopic (exact) mass is 617 g/mol. The van der Waals surface area contributed by atoms with Crippen molar-refractivity contribution in [3.8, 4) is 0 Å². The predicted molar refractivity (Wildman–Crippen MR) is 167 cm³/mol. The first-order chi connectivity index (χ1) is 19.4. The summed E-state index contributed by atoms with van der Waals surface area (Å²) in [5.41, 5.74) is 3.91. The summed E-state index contributed by atoms with van der Waals surface area (Å²) in [4.78, 5) is 28.7. The van der Waals surface area contributed by atoms with Gasteiger partial charge in [0.15, 0.2) is 0 Å². The van der Waals surface area contributed by atoms with E-state index in [1.165, 1.54) is 9.21 Å². The van der Waals surface area contributed by atoms with Gasteiger partial charge in [0.25, 0.3) is 0 Å². The van der Waals surface area contributed by atoms with Crippen LogP contribution in [0.2, 0.25) is 10.0 Å². The Morgan fingerprint density at radius 1 is 0.976 bits per heavy atom. The van der Waals surface area contributed by atoms with E-state index in [0.29, 0.717) is 34.3 Å². The molecule has 1 N–H and O–H groups in total. The second-order valence-electron chi connectivity index (χ2n) is 10.1. The number of amides is 2. The summed E-state index contributed by atoms with van der Waals surface area (Å²) < 4.78 is 26.8.